The van der Waals surface area contributed by atoms with E-state index in [9.17, 15) is 14.4 Å². The third-order valence-electron chi connectivity index (χ3n) is 5.16. The standard InChI is InChI=1S/C21H21N5O6/c1-30-14-7-4-12(5-8-14)22-17(27)11-25-19-18(23-24-25)20(28)26(21(19)29)13-6-9-15(31-2)16(10-13)32-3/h4-10,18-19H,11H2,1-3H3,(H,22,27)/t18-,19-/m0/s1. The van der Waals surface area contributed by atoms with Crippen LogP contribution in [-0.2, 0) is 14.4 Å². The quantitative estimate of drug-likeness (QED) is 0.651. The van der Waals surface area contributed by atoms with Gasteiger partial charge in [0, 0.05) is 11.8 Å². The third kappa shape index (κ3) is 3.68. The van der Waals surface area contributed by atoms with Gasteiger partial charge in [0.1, 0.15) is 12.3 Å². The van der Waals surface area contributed by atoms with Crippen LogP contribution in [0.2, 0.25) is 0 Å². The number of hydrogen-bond acceptors (Lipinski definition) is 9. The van der Waals surface area contributed by atoms with Crippen molar-refractivity contribution >= 4 is 29.1 Å². The van der Waals surface area contributed by atoms with Crippen LogP contribution in [0.25, 0.3) is 0 Å². The number of ether oxygens (including phenoxy) is 3. The van der Waals surface area contributed by atoms with Crippen molar-refractivity contribution in [1.29, 1.82) is 0 Å². The predicted octanol–water partition coefficient (Wildman–Crippen LogP) is 1.64. The highest BCUT2D eigenvalue weighted by Crippen LogP contribution is 2.36. The summed E-state index contributed by atoms with van der Waals surface area (Å²) in [5, 5.41) is 11.8. The smallest absolute Gasteiger partial charge is 0.263 e. The second-order valence-electron chi connectivity index (χ2n) is 7.02. The Morgan fingerprint density at radius 3 is 2.34 bits per heavy atom. The summed E-state index contributed by atoms with van der Waals surface area (Å²) in [6.45, 7) is -0.241. The third-order valence-corrected chi connectivity index (χ3v) is 5.16. The van der Waals surface area contributed by atoms with Crippen LogP contribution in [0.1, 0.15) is 0 Å². The second-order valence-corrected chi connectivity index (χ2v) is 7.02. The maximum atomic E-state index is 13.1. The molecule has 0 radical (unpaired) electrons. The zero-order valence-corrected chi connectivity index (χ0v) is 17.6. The molecule has 0 bridgehead atoms. The van der Waals surface area contributed by atoms with Crippen molar-refractivity contribution < 1.29 is 28.6 Å². The first-order valence-electron chi connectivity index (χ1n) is 9.68. The predicted molar refractivity (Wildman–Crippen MR) is 113 cm³/mol. The molecule has 4 rings (SSSR count). The van der Waals surface area contributed by atoms with E-state index in [4.69, 9.17) is 14.2 Å². The van der Waals surface area contributed by atoms with Crippen LogP contribution in [-0.4, -0.2) is 62.7 Å². The Hall–Kier alpha value is -4.15. The number of fused-ring (bicyclic) bond motifs is 1. The second kappa shape index (κ2) is 8.53. The fraction of sp³-hybridized carbons (Fsp3) is 0.286. The van der Waals surface area contributed by atoms with Crippen molar-refractivity contribution in [3.63, 3.8) is 0 Å². The van der Waals surface area contributed by atoms with E-state index in [-0.39, 0.29) is 6.54 Å². The van der Waals surface area contributed by atoms with Gasteiger partial charge in [-0.05, 0) is 36.4 Å². The molecule has 0 aromatic heterocycles. The number of methoxy groups -OCH3 is 3. The molecule has 166 valence electrons. The largest absolute Gasteiger partial charge is 0.497 e. The molecular weight excluding hydrogens is 418 g/mol. The molecule has 0 aliphatic carbocycles. The SMILES string of the molecule is COc1ccc(NC(=O)CN2N=N[C@@H]3C(=O)N(c4ccc(OC)c(OC)c4)C(=O)[C@H]32)cc1. The van der Waals surface area contributed by atoms with Gasteiger partial charge in [-0.1, -0.05) is 5.22 Å². The van der Waals surface area contributed by atoms with E-state index in [1.165, 1.54) is 25.3 Å². The molecule has 0 spiro atoms. The summed E-state index contributed by atoms with van der Waals surface area (Å²) < 4.78 is 15.5. The lowest BCUT2D eigenvalue weighted by Gasteiger charge is -2.20. The van der Waals surface area contributed by atoms with Gasteiger partial charge in [0.2, 0.25) is 5.91 Å². The topological polar surface area (TPSA) is 122 Å². The van der Waals surface area contributed by atoms with Gasteiger partial charge in [-0.15, -0.1) is 0 Å². The van der Waals surface area contributed by atoms with Crippen LogP contribution < -0.4 is 24.4 Å². The maximum absolute atomic E-state index is 13.1. The van der Waals surface area contributed by atoms with Crippen molar-refractivity contribution in [2.24, 2.45) is 10.3 Å². The molecule has 0 unspecified atom stereocenters. The summed E-state index contributed by atoms with van der Waals surface area (Å²) in [7, 11) is 4.50. The van der Waals surface area contributed by atoms with E-state index < -0.39 is 29.8 Å². The summed E-state index contributed by atoms with van der Waals surface area (Å²) in [6, 6.07) is 9.51. The van der Waals surface area contributed by atoms with Gasteiger partial charge in [0.05, 0.1) is 27.0 Å². The maximum Gasteiger partial charge on any atom is 0.263 e. The Bertz CT molecular complexity index is 1090. The molecule has 11 heteroatoms. The van der Waals surface area contributed by atoms with Crippen LogP contribution >= 0.6 is 0 Å². The lowest BCUT2D eigenvalue weighted by Crippen LogP contribution is -2.43. The Morgan fingerprint density at radius 1 is 0.969 bits per heavy atom. The molecule has 1 N–H and O–H groups in total. The van der Waals surface area contributed by atoms with Crippen LogP contribution in [0, 0.1) is 0 Å². The van der Waals surface area contributed by atoms with E-state index in [1.54, 1.807) is 43.5 Å². The van der Waals surface area contributed by atoms with Gasteiger partial charge in [0.25, 0.3) is 11.8 Å². The zero-order valence-electron chi connectivity index (χ0n) is 17.6. The number of benzene rings is 2. The summed E-state index contributed by atoms with van der Waals surface area (Å²) >= 11 is 0. The zero-order chi connectivity index (χ0) is 22.8. The molecule has 32 heavy (non-hydrogen) atoms. The van der Waals surface area contributed by atoms with Crippen LogP contribution in [0.5, 0.6) is 17.2 Å². The molecule has 2 aromatic carbocycles. The summed E-state index contributed by atoms with van der Waals surface area (Å²) in [5.41, 5.74) is 0.883. The lowest BCUT2D eigenvalue weighted by atomic mass is 10.1. The van der Waals surface area contributed by atoms with Gasteiger partial charge in [-0.3, -0.25) is 19.4 Å². The van der Waals surface area contributed by atoms with Crippen LogP contribution in [0.3, 0.4) is 0 Å². The summed E-state index contributed by atoms with van der Waals surface area (Å²) in [6.07, 6.45) is 0. The highest BCUT2D eigenvalue weighted by atomic mass is 16.5. The monoisotopic (exact) mass is 439 g/mol. The molecule has 3 amide bonds. The minimum atomic E-state index is -1.01. The number of nitrogens with zero attached hydrogens (tertiary/aromatic N) is 4. The first kappa shape index (κ1) is 21.1. The average molecular weight is 439 g/mol. The Balaban J connectivity index is 1.48. The molecule has 0 saturated carbocycles. The van der Waals surface area contributed by atoms with Crippen molar-refractivity contribution in [3.05, 3.63) is 42.5 Å². The molecule has 2 aromatic rings. The molecule has 11 nitrogen and oxygen atoms in total. The summed E-state index contributed by atoms with van der Waals surface area (Å²) in [5.74, 6) is 0.0552. The lowest BCUT2D eigenvalue weighted by molar-refractivity contribution is -0.123. The van der Waals surface area contributed by atoms with Crippen LogP contribution in [0.15, 0.2) is 52.8 Å². The number of nitrogens with one attached hydrogen (secondary N) is 1. The first-order chi connectivity index (χ1) is 15.5. The van der Waals surface area contributed by atoms with E-state index in [0.29, 0.717) is 28.6 Å². The van der Waals surface area contributed by atoms with Crippen molar-refractivity contribution in [2.75, 3.05) is 38.1 Å². The molecule has 2 aliphatic heterocycles. The molecule has 2 atom stereocenters. The molecule has 2 aliphatic rings. The number of carbonyl (C=O) groups is 3. The number of anilines is 2. The van der Waals surface area contributed by atoms with Gasteiger partial charge in [-0.2, -0.15) is 5.11 Å². The molecule has 1 fully saturated rings. The number of hydrogen-bond donors (Lipinski definition) is 1. The highest BCUT2D eigenvalue weighted by Gasteiger charge is 2.55. The van der Waals surface area contributed by atoms with Gasteiger partial charge in [0.15, 0.2) is 23.6 Å². The van der Waals surface area contributed by atoms with Crippen molar-refractivity contribution in [3.8, 4) is 17.2 Å². The van der Waals surface area contributed by atoms with Crippen LogP contribution in [0.4, 0.5) is 11.4 Å². The van der Waals surface area contributed by atoms with Crippen molar-refractivity contribution in [1.82, 2.24) is 5.01 Å². The Morgan fingerprint density at radius 2 is 1.69 bits per heavy atom. The summed E-state index contributed by atoms with van der Waals surface area (Å²) in [4.78, 5) is 39.5. The minimum absolute atomic E-state index is 0.241. The van der Waals surface area contributed by atoms with Crippen molar-refractivity contribution in [2.45, 2.75) is 12.1 Å². The van der Waals surface area contributed by atoms with E-state index in [2.05, 4.69) is 15.7 Å². The Labute approximate surface area is 183 Å². The highest BCUT2D eigenvalue weighted by molar-refractivity contribution is 6.25. The van der Waals surface area contributed by atoms with E-state index >= 15 is 0 Å². The molecule has 1 saturated heterocycles. The fourth-order valence-corrected chi connectivity index (χ4v) is 3.59. The minimum Gasteiger partial charge on any atom is -0.497 e. The Kier molecular flexibility index (Phi) is 5.63. The first-order valence-corrected chi connectivity index (χ1v) is 9.68. The fourth-order valence-electron chi connectivity index (χ4n) is 3.59. The molecule has 2 heterocycles. The van der Waals surface area contributed by atoms with E-state index in [0.717, 1.165) is 4.90 Å². The van der Waals surface area contributed by atoms with Gasteiger partial charge in [-0.25, -0.2) is 4.90 Å². The van der Waals surface area contributed by atoms with Gasteiger partial charge >= 0.3 is 0 Å². The number of carbonyl (C=O) groups excluding carboxylic acids is 3. The number of rotatable bonds is 7. The number of amides is 3. The molecular formula is C21H21N5O6. The van der Waals surface area contributed by atoms with Gasteiger partial charge < -0.3 is 19.5 Å². The number of imide groups is 1. The normalized spacial score (nSPS) is 19.2. The van der Waals surface area contributed by atoms with E-state index in [1.807, 2.05) is 0 Å². The average Bonchev–Trinajstić information content (AvgIpc) is 3.32.